The Morgan fingerprint density at radius 3 is 2.07 bits per heavy atom. The minimum absolute atomic E-state index is 0.0675. The molecule has 3 aromatic rings. The van der Waals surface area contributed by atoms with Gasteiger partial charge in [0.1, 0.15) is 11.5 Å². The summed E-state index contributed by atoms with van der Waals surface area (Å²) in [7, 11) is 0. The molecule has 5 heteroatoms. The highest BCUT2D eigenvalue weighted by Gasteiger charge is 2.32. The van der Waals surface area contributed by atoms with E-state index in [1.807, 2.05) is 81.4 Å². The smallest absolute Gasteiger partial charge is 0.251 e. The average molecular weight is 405 g/mol. The number of nitrogens with one attached hydrogen (secondary N) is 2. The van der Waals surface area contributed by atoms with Gasteiger partial charge in [-0.05, 0) is 36.8 Å². The number of carbonyl (C=O) groups excluding carboxylic acids is 2. The molecule has 1 aromatic heterocycles. The molecule has 0 aliphatic heterocycles. The van der Waals surface area contributed by atoms with Crippen molar-refractivity contribution in [2.24, 2.45) is 5.92 Å². The van der Waals surface area contributed by atoms with Crippen LogP contribution in [0.15, 0.2) is 77.2 Å². The van der Waals surface area contributed by atoms with Crippen LogP contribution in [0.1, 0.15) is 59.8 Å². The van der Waals surface area contributed by atoms with Gasteiger partial charge in [0.05, 0.1) is 12.1 Å². The van der Waals surface area contributed by atoms with Gasteiger partial charge in [-0.25, -0.2) is 0 Å². The summed E-state index contributed by atoms with van der Waals surface area (Å²) in [5.41, 5.74) is 1.56. The highest BCUT2D eigenvalue weighted by molar-refractivity contribution is 5.94. The van der Waals surface area contributed by atoms with Crippen LogP contribution in [0.2, 0.25) is 0 Å². The Bertz CT molecular complexity index is 966. The monoisotopic (exact) mass is 404 g/mol. The van der Waals surface area contributed by atoms with Gasteiger partial charge in [0, 0.05) is 17.9 Å². The predicted molar refractivity (Wildman–Crippen MR) is 117 cm³/mol. The SMILES string of the molecule is CCC(=O)N[C@@H](c1ccc(C)o1)[C@H](C)[C@H](NC(=O)c1ccccc1)c1ccccc1. The molecule has 2 amide bonds. The van der Waals surface area contributed by atoms with Crippen molar-refractivity contribution >= 4 is 11.8 Å². The molecule has 3 rings (SSSR count). The minimum Gasteiger partial charge on any atom is -0.464 e. The fraction of sp³-hybridized carbons (Fsp3) is 0.280. The number of benzene rings is 2. The fourth-order valence-corrected chi connectivity index (χ4v) is 3.54. The van der Waals surface area contributed by atoms with E-state index in [9.17, 15) is 9.59 Å². The third-order valence-corrected chi connectivity index (χ3v) is 5.24. The van der Waals surface area contributed by atoms with Crippen LogP contribution in [0.3, 0.4) is 0 Å². The Labute approximate surface area is 177 Å². The zero-order valence-electron chi connectivity index (χ0n) is 17.6. The molecule has 0 saturated carbocycles. The molecule has 0 aliphatic carbocycles. The van der Waals surface area contributed by atoms with E-state index in [0.29, 0.717) is 17.7 Å². The van der Waals surface area contributed by atoms with E-state index in [1.54, 1.807) is 12.1 Å². The van der Waals surface area contributed by atoms with Crippen LogP contribution in [0.5, 0.6) is 0 Å². The third kappa shape index (κ3) is 5.17. The standard InChI is InChI=1S/C25H28N2O3/c1-4-22(28)26-24(21-16-15-17(2)30-21)18(3)23(19-11-7-5-8-12-19)27-25(29)20-13-9-6-10-14-20/h5-16,18,23-24H,4H2,1-3H3,(H,26,28)(H,27,29)/t18-,23+,24-/m1/s1. The predicted octanol–water partition coefficient (Wildman–Crippen LogP) is 4.96. The first-order valence-electron chi connectivity index (χ1n) is 10.3. The van der Waals surface area contributed by atoms with Gasteiger partial charge in [0.25, 0.3) is 5.91 Å². The lowest BCUT2D eigenvalue weighted by molar-refractivity contribution is -0.122. The first-order valence-corrected chi connectivity index (χ1v) is 10.3. The van der Waals surface area contributed by atoms with Crippen molar-refractivity contribution in [3.63, 3.8) is 0 Å². The second kappa shape index (κ2) is 9.92. The molecule has 0 aliphatic rings. The molecule has 0 bridgehead atoms. The maximum Gasteiger partial charge on any atom is 0.251 e. The Morgan fingerprint density at radius 2 is 1.50 bits per heavy atom. The molecule has 3 atom stereocenters. The molecule has 0 saturated heterocycles. The normalized spacial score (nSPS) is 13.8. The van der Waals surface area contributed by atoms with Gasteiger partial charge in [-0.2, -0.15) is 0 Å². The van der Waals surface area contributed by atoms with Crippen LogP contribution in [-0.4, -0.2) is 11.8 Å². The Hall–Kier alpha value is -3.34. The minimum atomic E-state index is -0.382. The molecule has 0 fully saturated rings. The van der Waals surface area contributed by atoms with E-state index in [1.165, 1.54) is 0 Å². The molecule has 0 radical (unpaired) electrons. The molecule has 2 aromatic carbocycles. The van der Waals surface area contributed by atoms with Crippen LogP contribution in [0, 0.1) is 12.8 Å². The molecule has 156 valence electrons. The maximum atomic E-state index is 13.0. The van der Waals surface area contributed by atoms with Gasteiger partial charge in [-0.1, -0.05) is 62.4 Å². The van der Waals surface area contributed by atoms with Crippen LogP contribution >= 0.6 is 0 Å². The lowest BCUT2D eigenvalue weighted by Gasteiger charge is -2.32. The number of rotatable bonds is 8. The molecular formula is C25H28N2O3. The van der Waals surface area contributed by atoms with Crippen molar-refractivity contribution in [1.82, 2.24) is 10.6 Å². The molecule has 2 N–H and O–H groups in total. The summed E-state index contributed by atoms with van der Waals surface area (Å²) in [6, 6.07) is 22.0. The van der Waals surface area contributed by atoms with E-state index < -0.39 is 0 Å². The Balaban J connectivity index is 1.95. The van der Waals surface area contributed by atoms with E-state index in [4.69, 9.17) is 4.42 Å². The largest absolute Gasteiger partial charge is 0.464 e. The van der Waals surface area contributed by atoms with Crippen molar-refractivity contribution in [3.05, 3.63) is 95.4 Å². The third-order valence-electron chi connectivity index (χ3n) is 5.24. The first kappa shape index (κ1) is 21.4. The Morgan fingerprint density at radius 1 is 0.867 bits per heavy atom. The van der Waals surface area contributed by atoms with E-state index in [-0.39, 0.29) is 29.8 Å². The van der Waals surface area contributed by atoms with Crippen molar-refractivity contribution < 1.29 is 14.0 Å². The summed E-state index contributed by atoms with van der Waals surface area (Å²) in [5.74, 6) is 1.06. The lowest BCUT2D eigenvalue weighted by Crippen LogP contribution is -2.40. The maximum absolute atomic E-state index is 13.0. The molecule has 30 heavy (non-hydrogen) atoms. The van der Waals surface area contributed by atoms with Crippen LogP contribution in [0.4, 0.5) is 0 Å². The highest BCUT2D eigenvalue weighted by Crippen LogP contribution is 2.34. The summed E-state index contributed by atoms with van der Waals surface area (Å²) in [6.07, 6.45) is 0.370. The average Bonchev–Trinajstić information content (AvgIpc) is 3.22. The number of aryl methyl sites for hydroxylation is 1. The second-order valence-electron chi connectivity index (χ2n) is 7.43. The van der Waals surface area contributed by atoms with Crippen LogP contribution < -0.4 is 10.6 Å². The molecular weight excluding hydrogens is 376 g/mol. The summed E-state index contributed by atoms with van der Waals surface area (Å²) >= 11 is 0. The second-order valence-corrected chi connectivity index (χ2v) is 7.43. The van der Waals surface area contributed by atoms with Crippen molar-refractivity contribution in [2.45, 2.75) is 39.3 Å². The Kier molecular flexibility index (Phi) is 7.07. The number of hydrogen-bond donors (Lipinski definition) is 2. The van der Waals surface area contributed by atoms with Crippen LogP contribution in [-0.2, 0) is 4.79 Å². The summed E-state index contributed by atoms with van der Waals surface area (Å²) in [5, 5.41) is 6.24. The number of hydrogen-bond acceptors (Lipinski definition) is 3. The zero-order chi connectivity index (χ0) is 21.5. The quantitative estimate of drug-likeness (QED) is 0.557. The lowest BCUT2D eigenvalue weighted by atomic mass is 9.86. The van der Waals surface area contributed by atoms with Gasteiger partial charge in [0.2, 0.25) is 5.91 Å². The van der Waals surface area contributed by atoms with E-state index in [2.05, 4.69) is 10.6 Å². The fourth-order valence-electron chi connectivity index (χ4n) is 3.54. The summed E-state index contributed by atoms with van der Waals surface area (Å²) in [6.45, 7) is 5.70. The molecule has 1 heterocycles. The summed E-state index contributed by atoms with van der Waals surface area (Å²) < 4.78 is 5.86. The number of carbonyl (C=O) groups is 2. The van der Waals surface area contributed by atoms with Crippen molar-refractivity contribution in [1.29, 1.82) is 0 Å². The van der Waals surface area contributed by atoms with Crippen molar-refractivity contribution in [3.8, 4) is 0 Å². The highest BCUT2D eigenvalue weighted by atomic mass is 16.3. The molecule has 5 nitrogen and oxygen atoms in total. The molecule has 0 spiro atoms. The summed E-state index contributed by atoms with van der Waals surface area (Å²) in [4.78, 5) is 25.2. The number of amides is 2. The van der Waals surface area contributed by atoms with Crippen LogP contribution in [0.25, 0.3) is 0 Å². The topological polar surface area (TPSA) is 71.3 Å². The zero-order valence-corrected chi connectivity index (χ0v) is 17.6. The van der Waals surface area contributed by atoms with Crippen molar-refractivity contribution in [2.75, 3.05) is 0 Å². The van der Waals surface area contributed by atoms with E-state index >= 15 is 0 Å². The number of furan rings is 1. The van der Waals surface area contributed by atoms with Gasteiger partial charge >= 0.3 is 0 Å². The van der Waals surface area contributed by atoms with Gasteiger partial charge in [-0.15, -0.1) is 0 Å². The molecule has 0 unspecified atom stereocenters. The van der Waals surface area contributed by atoms with Gasteiger partial charge < -0.3 is 15.1 Å². The first-order chi connectivity index (χ1) is 14.5. The van der Waals surface area contributed by atoms with E-state index in [0.717, 1.165) is 11.3 Å². The van der Waals surface area contributed by atoms with Gasteiger partial charge in [0.15, 0.2) is 0 Å². The van der Waals surface area contributed by atoms with Gasteiger partial charge in [-0.3, -0.25) is 9.59 Å².